The van der Waals surface area contributed by atoms with Crippen LogP contribution in [0.15, 0.2) is 12.1 Å². The summed E-state index contributed by atoms with van der Waals surface area (Å²) in [5, 5.41) is 0.664. The third-order valence-corrected chi connectivity index (χ3v) is 3.02. The topological polar surface area (TPSA) is 44.5 Å². The minimum absolute atomic E-state index is 0.331. The standard InChI is InChI=1S/C13H20ClNO2/c1-9(4-5-15)13-10(8-16-2)6-11(14)7-12(13)17-3/h6-7,9H,4-5,8,15H2,1-3H3. The van der Waals surface area contributed by atoms with Crippen LogP contribution in [-0.4, -0.2) is 20.8 Å². The number of hydrogen-bond acceptors (Lipinski definition) is 3. The second-order valence-electron chi connectivity index (χ2n) is 4.09. The summed E-state index contributed by atoms with van der Waals surface area (Å²) in [6, 6.07) is 3.76. The Balaban J connectivity index is 3.20. The van der Waals surface area contributed by atoms with Gasteiger partial charge in [0.05, 0.1) is 13.7 Å². The zero-order valence-corrected chi connectivity index (χ0v) is 11.4. The van der Waals surface area contributed by atoms with Crippen molar-refractivity contribution in [3.8, 4) is 5.75 Å². The molecule has 0 spiro atoms. The Morgan fingerprint density at radius 3 is 2.59 bits per heavy atom. The second-order valence-corrected chi connectivity index (χ2v) is 4.53. The van der Waals surface area contributed by atoms with E-state index >= 15 is 0 Å². The summed E-state index contributed by atoms with van der Waals surface area (Å²) in [4.78, 5) is 0. The average Bonchev–Trinajstić information content (AvgIpc) is 2.28. The third kappa shape index (κ3) is 3.60. The maximum absolute atomic E-state index is 6.06. The lowest BCUT2D eigenvalue weighted by Crippen LogP contribution is -2.09. The molecule has 0 radical (unpaired) electrons. The highest BCUT2D eigenvalue weighted by molar-refractivity contribution is 6.30. The maximum Gasteiger partial charge on any atom is 0.124 e. The molecule has 0 aromatic heterocycles. The van der Waals surface area contributed by atoms with Gasteiger partial charge in [-0.05, 0) is 36.6 Å². The van der Waals surface area contributed by atoms with Gasteiger partial charge in [-0.2, -0.15) is 0 Å². The van der Waals surface area contributed by atoms with Crippen molar-refractivity contribution in [2.75, 3.05) is 20.8 Å². The first-order chi connectivity index (χ1) is 8.13. The number of rotatable bonds is 6. The molecule has 0 fully saturated rings. The predicted octanol–water partition coefficient (Wildman–Crippen LogP) is 2.95. The molecule has 0 saturated heterocycles. The van der Waals surface area contributed by atoms with E-state index in [-0.39, 0.29) is 0 Å². The van der Waals surface area contributed by atoms with Gasteiger partial charge in [0.2, 0.25) is 0 Å². The van der Waals surface area contributed by atoms with Crippen LogP contribution < -0.4 is 10.5 Å². The summed E-state index contributed by atoms with van der Waals surface area (Å²) in [6.07, 6.45) is 0.911. The number of hydrogen-bond donors (Lipinski definition) is 1. The van der Waals surface area contributed by atoms with Gasteiger partial charge in [0, 0.05) is 17.7 Å². The highest BCUT2D eigenvalue weighted by Crippen LogP contribution is 2.35. The largest absolute Gasteiger partial charge is 0.496 e. The minimum atomic E-state index is 0.331. The second kappa shape index (κ2) is 6.84. The molecule has 96 valence electrons. The molecule has 1 aromatic carbocycles. The van der Waals surface area contributed by atoms with Crippen molar-refractivity contribution in [3.63, 3.8) is 0 Å². The molecule has 0 aliphatic carbocycles. The summed E-state index contributed by atoms with van der Waals surface area (Å²) in [7, 11) is 3.33. The lowest BCUT2D eigenvalue weighted by atomic mass is 9.92. The Labute approximate surface area is 108 Å². The summed E-state index contributed by atoms with van der Waals surface area (Å²) in [5.41, 5.74) is 7.82. The molecule has 2 N–H and O–H groups in total. The van der Waals surface area contributed by atoms with Gasteiger partial charge >= 0.3 is 0 Å². The Morgan fingerprint density at radius 1 is 1.35 bits per heavy atom. The van der Waals surface area contributed by atoms with Crippen LogP contribution in [0.5, 0.6) is 5.75 Å². The predicted molar refractivity (Wildman–Crippen MR) is 70.8 cm³/mol. The van der Waals surface area contributed by atoms with Crippen molar-refractivity contribution < 1.29 is 9.47 Å². The van der Waals surface area contributed by atoms with E-state index in [1.807, 2.05) is 12.1 Å². The van der Waals surface area contributed by atoms with Crippen molar-refractivity contribution >= 4 is 11.6 Å². The Hall–Kier alpha value is -0.770. The summed E-state index contributed by atoms with van der Waals surface area (Å²) in [6.45, 7) is 3.32. The Kier molecular flexibility index (Phi) is 5.75. The van der Waals surface area contributed by atoms with E-state index < -0.39 is 0 Å². The van der Waals surface area contributed by atoms with Crippen molar-refractivity contribution in [2.45, 2.75) is 25.9 Å². The lowest BCUT2D eigenvalue weighted by molar-refractivity contribution is 0.183. The van der Waals surface area contributed by atoms with Gasteiger partial charge in [-0.1, -0.05) is 18.5 Å². The molecular formula is C13H20ClNO2. The molecule has 1 aromatic rings. The van der Waals surface area contributed by atoms with Gasteiger partial charge in [0.15, 0.2) is 0 Å². The third-order valence-electron chi connectivity index (χ3n) is 2.80. The fourth-order valence-corrected chi connectivity index (χ4v) is 2.28. The molecule has 0 saturated carbocycles. The van der Waals surface area contributed by atoms with Crippen LogP contribution in [0.1, 0.15) is 30.4 Å². The summed E-state index contributed by atoms with van der Waals surface area (Å²) in [5.74, 6) is 1.14. The molecular weight excluding hydrogens is 238 g/mol. The van der Waals surface area contributed by atoms with E-state index in [1.54, 1.807) is 14.2 Å². The highest BCUT2D eigenvalue weighted by Gasteiger charge is 2.16. The average molecular weight is 258 g/mol. The van der Waals surface area contributed by atoms with Crippen LogP contribution in [0.2, 0.25) is 5.02 Å². The number of benzene rings is 1. The maximum atomic E-state index is 6.06. The van der Waals surface area contributed by atoms with Gasteiger partial charge in [-0.3, -0.25) is 0 Å². The van der Waals surface area contributed by atoms with Crippen LogP contribution in [0.4, 0.5) is 0 Å². The van der Waals surface area contributed by atoms with Crippen molar-refractivity contribution in [2.24, 2.45) is 5.73 Å². The van der Waals surface area contributed by atoms with Crippen molar-refractivity contribution in [3.05, 3.63) is 28.3 Å². The van der Waals surface area contributed by atoms with Crippen molar-refractivity contribution in [1.29, 1.82) is 0 Å². The number of methoxy groups -OCH3 is 2. The highest BCUT2D eigenvalue weighted by atomic mass is 35.5. The van der Waals surface area contributed by atoms with Crippen LogP contribution in [0.25, 0.3) is 0 Å². The molecule has 17 heavy (non-hydrogen) atoms. The zero-order chi connectivity index (χ0) is 12.8. The zero-order valence-electron chi connectivity index (χ0n) is 10.6. The fraction of sp³-hybridized carbons (Fsp3) is 0.538. The first kappa shape index (κ1) is 14.3. The molecule has 0 amide bonds. The van der Waals surface area contributed by atoms with E-state index in [0.29, 0.717) is 24.1 Å². The lowest BCUT2D eigenvalue weighted by Gasteiger charge is -2.19. The van der Waals surface area contributed by atoms with Gasteiger partial charge in [-0.25, -0.2) is 0 Å². The summed E-state index contributed by atoms with van der Waals surface area (Å²) >= 11 is 6.06. The van der Waals surface area contributed by atoms with E-state index in [9.17, 15) is 0 Å². The molecule has 1 rings (SSSR count). The molecule has 3 nitrogen and oxygen atoms in total. The SMILES string of the molecule is COCc1cc(Cl)cc(OC)c1C(C)CCN. The van der Waals surface area contributed by atoms with Gasteiger partial charge in [-0.15, -0.1) is 0 Å². The minimum Gasteiger partial charge on any atom is -0.496 e. The van der Waals surface area contributed by atoms with E-state index in [1.165, 1.54) is 0 Å². The van der Waals surface area contributed by atoms with Gasteiger partial charge in [0.25, 0.3) is 0 Å². The van der Waals surface area contributed by atoms with E-state index in [0.717, 1.165) is 23.3 Å². The van der Waals surface area contributed by atoms with Gasteiger partial charge < -0.3 is 15.2 Å². The van der Waals surface area contributed by atoms with E-state index in [4.69, 9.17) is 26.8 Å². The van der Waals surface area contributed by atoms with Crippen LogP contribution in [0.3, 0.4) is 0 Å². The van der Waals surface area contributed by atoms with Crippen LogP contribution in [0, 0.1) is 0 Å². The molecule has 1 unspecified atom stereocenters. The fourth-order valence-electron chi connectivity index (χ4n) is 2.04. The first-order valence-electron chi connectivity index (χ1n) is 5.69. The van der Waals surface area contributed by atoms with Crippen LogP contribution >= 0.6 is 11.6 Å². The molecule has 0 heterocycles. The number of ether oxygens (including phenoxy) is 2. The quantitative estimate of drug-likeness (QED) is 0.852. The van der Waals surface area contributed by atoms with Crippen LogP contribution in [-0.2, 0) is 11.3 Å². The number of nitrogens with two attached hydrogens (primary N) is 1. The molecule has 0 bridgehead atoms. The van der Waals surface area contributed by atoms with E-state index in [2.05, 4.69) is 6.92 Å². The normalized spacial score (nSPS) is 12.5. The summed E-state index contributed by atoms with van der Waals surface area (Å²) < 4.78 is 10.6. The monoisotopic (exact) mass is 257 g/mol. The van der Waals surface area contributed by atoms with Crippen molar-refractivity contribution in [1.82, 2.24) is 0 Å². The van der Waals surface area contributed by atoms with Gasteiger partial charge in [0.1, 0.15) is 5.75 Å². The molecule has 0 aliphatic rings. The molecule has 0 aliphatic heterocycles. The Morgan fingerprint density at radius 2 is 2.06 bits per heavy atom. The molecule has 4 heteroatoms. The molecule has 1 atom stereocenters. The Bertz CT molecular complexity index is 369. The smallest absolute Gasteiger partial charge is 0.124 e. The first-order valence-corrected chi connectivity index (χ1v) is 6.07. The number of halogens is 1.